The molecule has 0 saturated carbocycles. The number of aromatic nitrogens is 4. The number of ether oxygens (including phenoxy) is 1. The zero-order valence-corrected chi connectivity index (χ0v) is 12.4. The Kier molecular flexibility index (Phi) is 3.87. The first kappa shape index (κ1) is 15.3. The van der Waals surface area contributed by atoms with Crippen LogP contribution in [0, 0.1) is 5.92 Å². The van der Waals surface area contributed by atoms with Crippen molar-refractivity contribution in [1.29, 1.82) is 0 Å². The minimum Gasteiger partial charge on any atom is -0.394 e. The third kappa shape index (κ3) is 2.83. The summed E-state index contributed by atoms with van der Waals surface area (Å²) in [5.41, 5.74) is 6.63. The smallest absolute Gasteiger partial charge is 0.325 e. The standard InChI is InChI=1S/C11H16N5O5P/c12-10-9-11(14-4-13-10)16(5-15-9)8-1-6(3-22(18,19)20)7(2-17)21-8/h4-8,17H,1-3H2,(H2,12,13,14)(H2,18,19,20)/t6?,7-,8-/m1/s1. The number of imidazole rings is 1. The molecule has 1 aliphatic rings. The van der Waals surface area contributed by atoms with Gasteiger partial charge in [0.25, 0.3) is 0 Å². The van der Waals surface area contributed by atoms with E-state index < -0.39 is 25.8 Å². The Bertz CT molecular complexity index is 731. The molecule has 1 fully saturated rings. The van der Waals surface area contributed by atoms with E-state index in [4.69, 9.17) is 20.3 Å². The number of anilines is 1. The van der Waals surface area contributed by atoms with Crippen LogP contribution >= 0.6 is 7.60 Å². The number of aliphatic hydroxyl groups excluding tert-OH is 1. The molecular weight excluding hydrogens is 313 g/mol. The topological polar surface area (TPSA) is 157 Å². The maximum absolute atomic E-state index is 11.2. The minimum atomic E-state index is -4.19. The molecule has 11 heteroatoms. The van der Waals surface area contributed by atoms with Crippen LogP contribution in [-0.4, -0.2) is 53.3 Å². The van der Waals surface area contributed by atoms with E-state index in [1.165, 1.54) is 12.7 Å². The molecule has 1 unspecified atom stereocenters. The Morgan fingerprint density at radius 1 is 1.41 bits per heavy atom. The van der Waals surface area contributed by atoms with Gasteiger partial charge in [0.05, 0.1) is 25.2 Å². The van der Waals surface area contributed by atoms with Gasteiger partial charge >= 0.3 is 7.60 Å². The summed E-state index contributed by atoms with van der Waals surface area (Å²) in [6.45, 7) is -0.315. The largest absolute Gasteiger partial charge is 0.394 e. The van der Waals surface area contributed by atoms with Crippen molar-refractivity contribution in [3.8, 4) is 0 Å². The molecule has 0 spiro atoms. The summed E-state index contributed by atoms with van der Waals surface area (Å²) in [6, 6.07) is 0. The lowest BCUT2D eigenvalue weighted by Crippen LogP contribution is -2.23. The summed E-state index contributed by atoms with van der Waals surface area (Å²) in [4.78, 5) is 30.4. The molecule has 22 heavy (non-hydrogen) atoms. The van der Waals surface area contributed by atoms with Gasteiger partial charge < -0.3 is 25.4 Å². The maximum Gasteiger partial charge on any atom is 0.325 e. The molecule has 3 atom stereocenters. The highest BCUT2D eigenvalue weighted by Crippen LogP contribution is 2.44. The van der Waals surface area contributed by atoms with Crippen molar-refractivity contribution < 1.29 is 24.2 Å². The van der Waals surface area contributed by atoms with Gasteiger partial charge in [-0.1, -0.05) is 0 Å². The summed E-state index contributed by atoms with van der Waals surface area (Å²) < 4.78 is 18.5. The number of fused-ring (bicyclic) bond motifs is 1. The molecule has 0 radical (unpaired) electrons. The lowest BCUT2D eigenvalue weighted by Gasteiger charge is -2.16. The normalized spacial score (nSPS) is 25.9. The number of aliphatic hydroxyl groups is 1. The van der Waals surface area contributed by atoms with E-state index in [9.17, 15) is 9.67 Å². The molecule has 3 rings (SSSR count). The van der Waals surface area contributed by atoms with Crippen LogP contribution in [0.25, 0.3) is 11.2 Å². The fraction of sp³-hybridized carbons (Fsp3) is 0.545. The molecular formula is C11H16N5O5P. The lowest BCUT2D eigenvalue weighted by molar-refractivity contribution is -0.0277. The van der Waals surface area contributed by atoms with E-state index in [1.807, 2.05) is 0 Å². The Morgan fingerprint density at radius 2 is 2.18 bits per heavy atom. The monoisotopic (exact) mass is 329 g/mol. The molecule has 1 aliphatic heterocycles. The first-order chi connectivity index (χ1) is 10.4. The van der Waals surface area contributed by atoms with E-state index >= 15 is 0 Å². The molecule has 10 nitrogen and oxygen atoms in total. The average Bonchev–Trinajstić information content (AvgIpc) is 3.01. The first-order valence-corrected chi connectivity index (χ1v) is 8.42. The molecule has 3 heterocycles. The fourth-order valence-corrected chi connectivity index (χ4v) is 3.72. The predicted octanol–water partition coefficient (Wildman–Crippen LogP) is -0.518. The second-order valence-corrected chi connectivity index (χ2v) is 6.93. The van der Waals surface area contributed by atoms with Crippen LogP contribution in [0.4, 0.5) is 5.82 Å². The highest BCUT2D eigenvalue weighted by atomic mass is 31.2. The van der Waals surface area contributed by atoms with Crippen LogP contribution < -0.4 is 5.73 Å². The molecule has 1 saturated heterocycles. The van der Waals surface area contributed by atoms with Crippen LogP contribution in [0.2, 0.25) is 0 Å². The minimum absolute atomic E-state index is 0.243. The number of rotatable bonds is 4. The lowest BCUT2D eigenvalue weighted by atomic mass is 10.0. The van der Waals surface area contributed by atoms with Crippen molar-refractivity contribution in [1.82, 2.24) is 19.5 Å². The Balaban J connectivity index is 1.89. The average molecular weight is 329 g/mol. The first-order valence-electron chi connectivity index (χ1n) is 6.63. The van der Waals surface area contributed by atoms with Crippen LogP contribution in [0.5, 0.6) is 0 Å². The van der Waals surface area contributed by atoms with E-state index in [1.54, 1.807) is 4.57 Å². The van der Waals surface area contributed by atoms with E-state index in [0.29, 0.717) is 17.6 Å². The highest BCUT2D eigenvalue weighted by molar-refractivity contribution is 7.51. The van der Waals surface area contributed by atoms with Crippen LogP contribution in [0.3, 0.4) is 0 Å². The van der Waals surface area contributed by atoms with Crippen molar-refractivity contribution in [3.63, 3.8) is 0 Å². The number of hydrogen-bond acceptors (Lipinski definition) is 7. The number of hydrogen-bond donors (Lipinski definition) is 4. The molecule has 2 aromatic heterocycles. The summed E-state index contributed by atoms with van der Waals surface area (Å²) in [6.07, 6.45) is 1.64. The van der Waals surface area contributed by atoms with Crippen molar-refractivity contribution in [3.05, 3.63) is 12.7 Å². The predicted molar refractivity (Wildman–Crippen MR) is 75.7 cm³/mol. The SMILES string of the molecule is Nc1ncnc2c1ncn2[C@H]1CC(CP(=O)(O)O)[C@@H](CO)O1. The van der Waals surface area contributed by atoms with Gasteiger partial charge in [-0.2, -0.15) is 0 Å². The van der Waals surface area contributed by atoms with Crippen LogP contribution in [0.1, 0.15) is 12.6 Å². The van der Waals surface area contributed by atoms with Crippen LogP contribution in [-0.2, 0) is 9.30 Å². The van der Waals surface area contributed by atoms with Crippen molar-refractivity contribution >= 4 is 24.6 Å². The molecule has 120 valence electrons. The summed E-state index contributed by atoms with van der Waals surface area (Å²) in [5, 5.41) is 9.36. The quantitative estimate of drug-likeness (QED) is 0.542. The Morgan fingerprint density at radius 3 is 2.86 bits per heavy atom. The third-order valence-electron chi connectivity index (χ3n) is 3.71. The van der Waals surface area contributed by atoms with Gasteiger partial charge in [0.15, 0.2) is 11.5 Å². The number of nitrogens with zero attached hydrogens (tertiary/aromatic N) is 4. The summed E-state index contributed by atoms with van der Waals surface area (Å²) in [7, 11) is -4.19. The molecule has 0 aliphatic carbocycles. The van der Waals surface area contributed by atoms with Gasteiger partial charge in [0.1, 0.15) is 18.1 Å². The zero-order valence-electron chi connectivity index (χ0n) is 11.5. The third-order valence-corrected chi connectivity index (χ3v) is 4.66. The molecule has 0 bridgehead atoms. The van der Waals surface area contributed by atoms with E-state index in [2.05, 4.69) is 15.0 Å². The van der Waals surface area contributed by atoms with Gasteiger partial charge in [0, 0.05) is 5.92 Å². The molecule has 0 amide bonds. The van der Waals surface area contributed by atoms with E-state index in [-0.39, 0.29) is 18.6 Å². The van der Waals surface area contributed by atoms with Gasteiger partial charge in [-0.25, -0.2) is 15.0 Å². The number of nitrogen functional groups attached to an aromatic ring is 1. The van der Waals surface area contributed by atoms with Gasteiger partial charge in [-0.15, -0.1) is 0 Å². The Labute approximate surface area is 125 Å². The Hall–Kier alpha value is -1.58. The van der Waals surface area contributed by atoms with Gasteiger partial charge in [0.2, 0.25) is 0 Å². The molecule has 0 aromatic carbocycles. The second kappa shape index (κ2) is 5.56. The molecule has 5 N–H and O–H groups in total. The van der Waals surface area contributed by atoms with Gasteiger partial charge in [-0.3, -0.25) is 9.13 Å². The van der Waals surface area contributed by atoms with Crippen molar-refractivity contribution in [2.24, 2.45) is 5.92 Å². The summed E-state index contributed by atoms with van der Waals surface area (Å²) >= 11 is 0. The zero-order chi connectivity index (χ0) is 15.9. The number of nitrogens with two attached hydrogens (primary N) is 1. The van der Waals surface area contributed by atoms with Gasteiger partial charge in [-0.05, 0) is 6.42 Å². The van der Waals surface area contributed by atoms with Crippen LogP contribution in [0.15, 0.2) is 12.7 Å². The maximum atomic E-state index is 11.2. The molecule has 2 aromatic rings. The highest BCUT2D eigenvalue weighted by Gasteiger charge is 2.39. The van der Waals surface area contributed by atoms with E-state index in [0.717, 1.165) is 0 Å². The van der Waals surface area contributed by atoms with Crippen molar-refractivity contribution in [2.75, 3.05) is 18.5 Å². The second-order valence-electron chi connectivity index (χ2n) is 5.24. The van der Waals surface area contributed by atoms with Crippen molar-refractivity contribution in [2.45, 2.75) is 18.8 Å². The summed E-state index contributed by atoms with van der Waals surface area (Å²) in [5.74, 6) is -0.209. The fourth-order valence-electron chi connectivity index (χ4n) is 2.73.